The molecule has 2 N–H and O–H groups in total. The van der Waals surface area contributed by atoms with Crippen molar-refractivity contribution in [2.24, 2.45) is 0 Å². The number of nitrogen functional groups attached to an aromatic ring is 1. The number of nitrogens with zero attached hydrogens (tertiary/aromatic N) is 4. The molecule has 0 amide bonds. The zero-order chi connectivity index (χ0) is 27.8. The average Bonchev–Trinajstić information content (AvgIpc) is 3.19. The SMILES string of the molecule is CC.CCCCC1N(C)c2c(N)nc3cc(CCC(=O)OC)ccc3c2N1Cc1ccc(CN(C)C)cc1. The first kappa shape index (κ1) is 29.2. The molecule has 0 bridgehead atoms. The van der Waals surface area contributed by atoms with Crippen LogP contribution in [0.2, 0.25) is 0 Å². The van der Waals surface area contributed by atoms with Crippen LogP contribution in [-0.2, 0) is 29.0 Å². The minimum absolute atomic E-state index is 0.209. The highest BCUT2D eigenvalue weighted by Gasteiger charge is 2.37. The van der Waals surface area contributed by atoms with Crippen LogP contribution in [0.5, 0.6) is 0 Å². The Morgan fingerprint density at radius 1 is 1.05 bits per heavy atom. The molecule has 3 aromatic rings. The van der Waals surface area contributed by atoms with Gasteiger partial charge >= 0.3 is 5.97 Å². The van der Waals surface area contributed by atoms with Gasteiger partial charge in [-0.25, -0.2) is 4.98 Å². The zero-order valence-electron chi connectivity index (χ0n) is 24.3. The van der Waals surface area contributed by atoms with Gasteiger partial charge in [0.25, 0.3) is 0 Å². The lowest BCUT2D eigenvalue weighted by Gasteiger charge is -2.31. The molecule has 0 saturated carbocycles. The fourth-order valence-corrected chi connectivity index (χ4v) is 5.18. The third-order valence-corrected chi connectivity index (χ3v) is 7.01. The number of carbonyl (C=O) groups is 1. The van der Waals surface area contributed by atoms with E-state index in [2.05, 4.69) is 85.2 Å². The van der Waals surface area contributed by atoms with Crippen LogP contribution in [0.3, 0.4) is 0 Å². The molecule has 1 atom stereocenters. The molecule has 1 aliphatic rings. The Bertz CT molecular complexity index is 1210. The number of hydrogen-bond donors (Lipinski definition) is 1. The van der Waals surface area contributed by atoms with Crippen molar-refractivity contribution in [3.8, 4) is 0 Å². The summed E-state index contributed by atoms with van der Waals surface area (Å²) in [5, 5.41) is 1.09. The molecule has 38 heavy (non-hydrogen) atoms. The van der Waals surface area contributed by atoms with E-state index in [4.69, 9.17) is 15.5 Å². The molecule has 1 unspecified atom stereocenters. The largest absolute Gasteiger partial charge is 0.469 e. The van der Waals surface area contributed by atoms with E-state index in [1.54, 1.807) is 0 Å². The Morgan fingerprint density at radius 3 is 2.34 bits per heavy atom. The number of unbranched alkanes of at least 4 members (excludes halogenated alkanes) is 1. The van der Waals surface area contributed by atoms with Crippen molar-refractivity contribution in [2.75, 3.05) is 43.8 Å². The van der Waals surface area contributed by atoms with Gasteiger partial charge in [0, 0.05) is 31.9 Å². The number of rotatable bonds is 10. The topological polar surface area (TPSA) is 74.9 Å². The summed E-state index contributed by atoms with van der Waals surface area (Å²) in [5.74, 6) is 0.343. The summed E-state index contributed by atoms with van der Waals surface area (Å²) < 4.78 is 4.80. The second-order valence-corrected chi connectivity index (χ2v) is 10.0. The maximum atomic E-state index is 11.6. The lowest BCUT2D eigenvalue weighted by molar-refractivity contribution is -0.140. The van der Waals surface area contributed by atoms with E-state index in [1.165, 1.54) is 18.2 Å². The Hall–Kier alpha value is -3.32. The Balaban J connectivity index is 0.00000195. The summed E-state index contributed by atoms with van der Waals surface area (Å²) in [6.07, 6.45) is 4.52. The maximum absolute atomic E-state index is 11.6. The number of carbonyl (C=O) groups excluding carboxylic acids is 1. The van der Waals surface area contributed by atoms with Gasteiger partial charge in [-0.2, -0.15) is 0 Å². The highest BCUT2D eigenvalue weighted by molar-refractivity contribution is 6.04. The molecule has 7 heteroatoms. The molecular weight excluding hydrogens is 474 g/mol. The number of esters is 1. The van der Waals surface area contributed by atoms with Gasteiger partial charge in [-0.05, 0) is 56.1 Å². The first-order chi connectivity index (χ1) is 18.3. The lowest BCUT2D eigenvalue weighted by atomic mass is 10.0. The normalized spacial score (nSPS) is 14.5. The molecule has 1 aliphatic heterocycles. The number of aryl methyl sites for hydroxylation is 1. The van der Waals surface area contributed by atoms with E-state index in [-0.39, 0.29) is 12.1 Å². The molecule has 0 aliphatic carbocycles. The number of methoxy groups -OCH3 is 1. The Labute approximate surface area is 228 Å². The van der Waals surface area contributed by atoms with Crippen molar-refractivity contribution in [3.63, 3.8) is 0 Å². The van der Waals surface area contributed by atoms with Crippen molar-refractivity contribution in [1.82, 2.24) is 9.88 Å². The van der Waals surface area contributed by atoms with Crippen LogP contribution < -0.4 is 15.5 Å². The maximum Gasteiger partial charge on any atom is 0.305 e. The number of fused-ring (bicyclic) bond motifs is 3. The fourth-order valence-electron chi connectivity index (χ4n) is 5.18. The van der Waals surface area contributed by atoms with E-state index in [1.807, 2.05) is 13.8 Å². The summed E-state index contributed by atoms with van der Waals surface area (Å²) in [6.45, 7) is 7.97. The van der Waals surface area contributed by atoms with E-state index < -0.39 is 0 Å². The van der Waals surface area contributed by atoms with E-state index in [9.17, 15) is 4.79 Å². The molecular formula is C31H45N5O2. The fraction of sp³-hybridized carbons (Fsp3) is 0.484. The van der Waals surface area contributed by atoms with Gasteiger partial charge in [-0.1, -0.05) is 63.6 Å². The minimum atomic E-state index is -0.209. The molecule has 0 radical (unpaired) electrons. The van der Waals surface area contributed by atoms with Crippen LogP contribution >= 0.6 is 0 Å². The number of aromatic nitrogens is 1. The minimum Gasteiger partial charge on any atom is -0.469 e. The summed E-state index contributed by atoms with van der Waals surface area (Å²) in [4.78, 5) is 23.4. The van der Waals surface area contributed by atoms with Crippen LogP contribution in [0.25, 0.3) is 10.9 Å². The molecule has 0 fully saturated rings. The number of benzene rings is 2. The predicted octanol–water partition coefficient (Wildman–Crippen LogP) is 5.98. The molecule has 7 nitrogen and oxygen atoms in total. The van der Waals surface area contributed by atoms with Gasteiger partial charge < -0.3 is 25.2 Å². The van der Waals surface area contributed by atoms with Crippen molar-refractivity contribution in [2.45, 2.75) is 72.1 Å². The average molecular weight is 520 g/mol. The first-order valence-corrected chi connectivity index (χ1v) is 13.8. The second-order valence-electron chi connectivity index (χ2n) is 10.0. The zero-order valence-corrected chi connectivity index (χ0v) is 24.3. The van der Waals surface area contributed by atoms with Crippen molar-refractivity contribution < 1.29 is 9.53 Å². The van der Waals surface area contributed by atoms with E-state index in [0.29, 0.717) is 18.7 Å². The molecule has 1 aromatic heterocycles. The van der Waals surface area contributed by atoms with Gasteiger partial charge in [-0.3, -0.25) is 4.79 Å². The number of ether oxygens (including phenoxy) is 1. The van der Waals surface area contributed by atoms with Crippen molar-refractivity contribution >= 4 is 34.1 Å². The number of hydrogen-bond acceptors (Lipinski definition) is 7. The third-order valence-electron chi connectivity index (χ3n) is 7.01. The number of nitrogens with two attached hydrogens (primary N) is 1. The molecule has 0 saturated heterocycles. The number of anilines is 3. The van der Waals surface area contributed by atoms with Crippen LogP contribution in [0, 0.1) is 0 Å². The highest BCUT2D eigenvalue weighted by atomic mass is 16.5. The summed E-state index contributed by atoms with van der Waals surface area (Å²) in [6, 6.07) is 15.2. The highest BCUT2D eigenvalue weighted by Crippen LogP contribution is 2.48. The third kappa shape index (κ3) is 6.57. The van der Waals surface area contributed by atoms with Crippen LogP contribution in [-0.4, -0.2) is 50.3 Å². The van der Waals surface area contributed by atoms with Crippen LogP contribution in [0.15, 0.2) is 42.5 Å². The molecule has 2 heterocycles. The van der Waals surface area contributed by atoms with E-state index in [0.717, 1.165) is 60.2 Å². The van der Waals surface area contributed by atoms with Crippen LogP contribution in [0.1, 0.15) is 63.1 Å². The molecule has 2 aromatic carbocycles. The van der Waals surface area contributed by atoms with Crippen molar-refractivity contribution in [1.29, 1.82) is 0 Å². The first-order valence-electron chi connectivity index (χ1n) is 13.8. The quantitative estimate of drug-likeness (QED) is 0.330. The monoisotopic (exact) mass is 519 g/mol. The molecule has 206 valence electrons. The molecule has 4 rings (SSSR count). The van der Waals surface area contributed by atoms with Gasteiger partial charge in [0.2, 0.25) is 0 Å². The van der Waals surface area contributed by atoms with Crippen LogP contribution in [0.4, 0.5) is 17.2 Å². The van der Waals surface area contributed by atoms with E-state index >= 15 is 0 Å². The number of pyridine rings is 1. The van der Waals surface area contributed by atoms with Crippen molar-refractivity contribution in [3.05, 3.63) is 59.2 Å². The van der Waals surface area contributed by atoms with Gasteiger partial charge in [-0.15, -0.1) is 0 Å². The standard InChI is InChI=1S/C29H39N5O2.C2H6/c1-6-7-8-25-33(4)28-27(34(25)19-22-11-9-21(10-12-22)18-32(2)3)23-15-13-20(14-16-26(35)36-5)17-24(23)31-29(28)30;1-2/h9-13,15,17,25H,6-8,14,16,18-19H2,1-5H3,(H2,30,31);1-2H3. The molecule has 0 spiro atoms. The summed E-state index contributed by atoms with van der Waals surface area (Å²) in [5.41, 5.74) is 13.2. The van der Waals surface area contributed by atoms with Gasteiger partial charge in [0.05, 0.1) is 18.3 Å². The smallest absolute Gasteiger partial charge is 0.305 e. The summed E-state index contributed by atoms with van der Waals surface area (Å²) in [7, 11) is 7.74. The predicted molar refractivity (Wildman–Crippen MR) is 160 cm³/mol. The lowest BCUT2D eigenvalue weighted by Crippen LogP contribution is -2.41. The second kappa shape index (κ2) is 13.5. The Morgan fingerprint density at radius 2 is 1.71 bits per heavy atom. The Kier molecular flexibility index (Phi) is 10.4. The van der Waals surface area contributed by atoms with Gasteiger partial charge in [0.1, 0.15) is 17.7 Å². The van der Waals surface area contributed by atoms with Gasteiger partial charge in [0.15, 0.2) is 0 Å². The summed E-state index contributed by atoms with van der Waals surface area (Å²) >= 11 is 0.